The molecule has 1 aromatic carbocycles. The Morgan fingerprint density at radius 1 is 1.18 bits per heavy atom. The summed E-state index contributed by atoms with van der Waals surface area (Å²) in [5, 5.41) is 12.0. The Balaban J connectivity index is 2.33. The fraction of sp³-hybridized carbons (Fsp3) is 0.538. The first-order valence-electron chi connectivity index (χ1n) is 5.81. The number of aryl methyl sites for hydroxylation is 1. The minimum Gasteiger partial charge on any atom is -0.508 e. The average molecular weight is 243 g/mol. The van der Waals surface area contributed by atoms with Crippen LogP contribution < -0.4 is 5.32 Å². The standard InChI is InChI=1S/C13H19F2NO/c1-9(16-10(2)13(14)15)3-4-11-5-7-12(17)8-6-11/h5-10,13,16-17H,3-4H2,1-2H3. The van der Waals surface area contributed by atoms with Crippen LogP contribution >= 0.6 is 0 Å². The summed E-state index contributed by atoms with van der Waals surface area (Å²) in [5.74, 6) is 0.242. The molecule has 4 heteroatoms. The molecule has 1 rings (SSSR count). The summed E-state index contributed by atoms with van der Waals surface area (Å²) in [5.41, 5.74) is 1.10. The lowest BCUT2D eigenvalue weighted by Crippen LogP contribution is -2.39. The molecule has 0 saturated heterocycles. The first-order valence-corrected chi connectivity index (χ1v) is 5.81. The van der Waals surface area contributed by atoms with E-state index in [1.165, 1.54) is 6.92 Å². The predicted molar refractivity (Wildman–Crippen MR) is 64.5 cm³/mol. The molecular weight excluding hydrogens is 224 g/mol. The quantitative estimate of drug-likeness (QED) is 0.805. The van der Waals surface area contributed by atoms with Crippen LogP contribution in [0.5, 0.6) is 5.75 Å². The smallest absolute Gasteiger partial charge is 0.253 e. The SMILES string of the molecule is CC(CCc1ccc(O)cc1)NC(C)C(F)F. The van der Waals surface area contributed by atoms with Crippen LogP contribution in [0, 0.1) is 0 Å². The number of aromatic hydroxyl groups is 1. The normalized spacial score (nSPS) is 14.9. The van der Waals surface area contributed by atoms with Crippen LogP contribution in [0.15, 0.2) is 24.3 Å². The van der Waals surface area contributed by atoms with E-state index in [9.17, 15) is 8.78 Å². The topological polar surface area (TPSA) is 32.3 Å². The molecule has 0 amide bonds. The van der Waals surface area contributed by atoms with E-state index in [1.807, 2.05) is 19.1 Å². The molecule has 1 aromatic rings. The van der Waals surface area contributed by atoms with Gasteiger partial charge >= 0.3 is 0 Å². The highest BCUT2D eigenvalue weighted by Gasteiger charge is 2.16. The summed E-state index contributed by atoms with van der Waals surface area (Å²) in [6.45, 7) is 3.39. The molecule has 0 saturated carbocycles. The molecule has 2 N–H and O–H groups in total. The van der Waals surface area contributed by atoms with Gasteiger partial charge in [-0.05, 0) is 44.4 Å². The highest BCUT2D eigenvalue weighted by Crippen LogP contribution is 2.12. The number of hydrogen-bond acceptors (Lipinski definition) is 2. The molecule has 2 atom stereocenters. The fourth-order valence-corrected chi connectivity index (χ4v) is 1.65. The molecule has 0 fully saturated rings. The van der Waals surface area contributed by atoms with E-state index in [2.05, 4.69) is 5.32 Å². The minimum absolute atomic E-state index is 0.0489. The second-order valence-electron chi connectivity index (χ2n) is 4.40. The van der Waals surface area contributed by atoms with Gasteiger partial charge in [0, 0.05) is 6.04 Å². The molecule has 2 unspecified atom stereocenters. The van der Waals surface area contributed by atoms with Gasteiger partial charge in [-0.25, -0.2) is 8.78 Å². The Bertz CT molecular complexity index is 327. The van der Waals surface area contributed by atoms with Gasteiger partial charge < -0.3 is 10.4 Å². The number of rotatable bonds is 6. The maximum Gasteiger partial charge on any atom is 0.253 e. The number of phenols is 1. The van der Waals surface area contributed by atoms with Crippen molar-refractivity contribution in [3.8, 4) is 5.75 Å². The summed E-state index contributed by atoms with van der Waals surface area (Å²) in [6.07, 6.45) is -0.724. The molecular formula is C13H19F2NO. The number of alkyl halides is 2. The van der Waals surface area contributed by atoms with E-state index < -0.39 is 12.5 Å². The van der Waals surface area contributed by atoms with E-state index in [1.54, 1.807) is 12.1 Å². The van der Waals surface area contributed by atoms with Gasteiger partial charge in [-0.15, -0.1) is 0 Å². The Morgan fingerprint density at radius 3 is 2.29 bits per heavy atom. The molecule has 0 heterocycles. The van der Waals surface area contributed by atoms with Gasteiger partial charge in [-0.3, -0.25) is 0 Å². The monoisotopic (exact) mass is 243 g/mol. The van der Waals surface area contributed by atoms with E-state index >= 15 is 0 Å². The van der Waals surface area contributed by atoms with Crippen LogP contribution in [-0.2, 0) is 6.42 Å². The fourth-order valence-electron chi connectivity index (χ4n) is 1.65. The number of hydrogen-bond donors (Lipinski definition) is 2. The van der Waals surface area contributed by atoms with Gasteiger partial charge in [0.1, 0.15) is 5.75 Å². The number of halogens is 2. The van der Waals surface area contributed by atoms with Gasteiger partial charge in [0.15, 0.2) is 0 Å². The third-order valence-electron chi connectivity index (χ3n) is 2.73. The Kier molecular flexibility index (Phi) is 5.35. The molecule has 2 nitrogen and oxygen atoms in total. The second-order valence-corrected chi connectivity index (χ2v) is 4.40. The molecule has 0 aromatic heterocycles. The Morgan fingerprint density at radius 2 is 1.76 bits per heavy atom. The number of nitrogens with one attached hydrogen (secondary N) is 1. The zero-order valence-electron chi connectivity index (χ0n) is 10.2. The minimum atomic E-state index is -2.33. The molecule has 0 aliphatic carbocycles. The first-order chi connectivity index (χ1) is 7.99. The van der Waals surface area contributed by atoms with Crippen LogP contribution in [0.25, 0.3) is 0 Å². The molecule has 0 aliphatic heterocycles. The van der Waals surface area contributed by atoms with E-state index in [4.69, 9.17) is 5.11 Å². The van der Waals surface area contributed by atoms with E-state index in [0.717, 1.165) is 18.4 Å². The van der Waals surface area contributed by atoms with Crippen molar-refractivity contribution in [2.75, 3.05) is 0 Å². The van der Waals surface area contributed by atoms with Gasteiger partial charge in [0.05, 0.1) is 6.04 Å². The number of phenolic OH excluding ortho intramolecular Hbond substituents is 1. The highest BCUT2D eigenvalue weighted by atomic mass is 19.3. The Labute approximate surface area is 101 Å². The summed E-state index contributed by atoms with van der Waals surface area (Å²) in [6, 6.07) is 6.24. The van der Waals surface area contributed by atoms with Crippen LogP contribution in [-0.4, -0.2) is 23.6 Å². The van der Waals surface area contributed by atoms with Crippen molar-refractivity contribution in [1.29, 1.82) is 0 Å². The lowest BCUT2D eigenvalue weighted by atomic mass is 10.1. The van der Waals surface area contributed by atoms with Crippen molar-refractivity contribution >= 4 is 0 Å². The summed E-state index contributed by atoms with van der Waals surface area (Å²) < 4.78 is 24.6. The zero-order valence-corrected chi connectivity index (χ0v) is 10.2. The van der Waals surface area contributed by atoms with Crippen LogP contribution in [0.4, 0.5) is 8.78 Å². The van der Waals surface area contributed by atoms with Gasteiger partial charge in [0.2, 0.25) is 0 Å². The lowest BCUT2D eigenvalue weighted by molar-refractivity contribution is 0.100. The lowest BCUT2D eigenvalue weighted by Gasteiger charge is -2.19. The van der Waals surface area contributed by atoms with E-state index in [-0.39, 0.29) is 11.8 Å². The third-order valence-corrected chi connectivity index (χ3v) is 2.73. The van der Waals surface area contributed by atoms with Crippen LogP contribution in [0.1, 0.15) is 25.8 Å². The second kappa shape index (κ2) is 6.55. The predicted octanol–water partition coefficient (Wildman–Crippen LogP) is 2.96. The molecule has 0 radical (unpaired) electrons. The summed E-state index contributed by atoms with van der Waals surface area (Å²) >= 11 is 0. The van der Waals surface area contributed by atoms with Crippen molar-refractivity contribution < 1.29 is 13.9 Å². The van der Waals surface area contributed by atoms with E-state index in [0.29, 0.717) is 0 Å². The van der Waals surface area contributed by atoms with Gasteiger partial charge in [-0.1, -0.05) is 12.1 Å². The van der Waals surface area contributed by atoms with Crippen molar-refractivity contribution in [3.63, 3.8) is 0 Å². The highest BCUT2D eigenvalue weighted by molar-refractivity contribution is 5.25. The third kappa shape index (κ3) is 5.13. The van der Waals surface area contributed by atoms with Gasteiger partial charge in [-0.2, -0.15) is 0 Å². The molecule has 17 heavy (non-hydrogen) atoms. The summed E-state index contributed by atoms with van der Waals surface area (Å²) in [7, 11) is 0. The largest absolute Gasteiger partial charge is 0.508 e. The average Bonchev–Trinajstić information content (AvgIpc) is 2.28. The van der Waals surface area contributed by atoms with Crippen LogP contribution in [0.3, 0.4) is 0 Å². The first kappa shape index (κ1) is 13.9. The zero-order chi connectivity index (χ0) is 12.8. The molecule has 0 spiro atoms. The van der Waals surface area contributed by atoms with Crippen molar-refractivity contribution in [2.45, 2.75) is 45.2 Å². The maximum absolute atomic E-state index is 12.3. The summed E-state index contributed by atoms with van der Waals surface area (Å²) in [4.78, 5) is 0. The van der Waals surface area contributed by atoms with Crippen LogP contribution in [0.2, 0.25) is 0 Å². The van der Waals surface area contributed by atoms with Gasteiger partial charge in [0.25, 0.3) is 6.43 Å². The Hall–Kier alpha value is -1.16. The van der Waals surface area contributed by atoms with Crippen molar-refractivity contribution in [2.24, 2.45) is 0 Å². The molecule has 0 bridgehead atoms. The van der Waals surface area contributed by atoms with Crippen molar-refractivity contribution in [1.82, 2.24) is 5.32 Å². The maximum atomic E-state index is 12.3. The molecule has 96 valence electrons. The molecule has 0 aliphatic rings. The number of benzene rings is 1. The van der Waals surface area contributed by atoms with Crippen molar-refractivity contribution in [3.05, 3.63) is 29.8 Å².